The minimum Gasteiger partial charge on any atom is -0.325 e. The van der Waals surface area contributed by atoms with Crippen LogP contribution in [0.15, 0.2) is 36.0 Å². The molecule has 3 nitrogen and oxygen atoms in total. The number of benzene rings is 1. The molecule has 0 aromatic heterocycles. The number of carbonyl (C=O) groups is 1. The van der Waals surface area contributed by atoms with Crippen LogP contribution in [0.5, 0.6) is 0 Å². The molecule has 1 aromatic rings. The molecule has 1 rings (SSSR count). The first-order chi connectivity index (χ1) is 7.13. The van der Waals surface area contributed by atoms with Gasteiger partial charge in [-0.1, -0.05) is 17.7 Å². The lowest BCUT2D eigenvalue weighted by Crippen LogP contribution is -2.21. The predicted octanol–water partition coefficient (Wildman–Crippen LogP) is 2.50. The first kappa shape index (κ1) is 11.3. The maximum absolute atomic E-state index is 11.6. The van der Waals surface area contributed by atoms with Gasteiger partial charge in [0.25, 0.3) is 5.91 Å². The number of nitriles is 1. The molecule has 0 aliphatic rings. The van der Waals surface area contributed by atoms with Crippen LogP contribution in [-0.4, -0.2) is 5.91 Å². The Kier molecular flexibility index (Phi) is 3.90. The van der Waals surface area contributed by atoms with Crippen LogP contribution in [0.3, 0.4) is 0 Å². The zero-order valence-electron chi connectivity index (χ0n) is 8.12. The molecule has 0 atom stereocenters. The van der Waals surface area contributed by atoms with E-state index in [1.807, 2.05) is 6.07 Å². The molecule has 76 valence electrons. The molecule has 1 amide bonds. The van der Waals surface area contributed by atoms with Gasteiger partial charge < -0.3 is 5.32 Å². The number of rotatable bonds is 2. The van der Waals surface area contributed by atoms with Crippen molar-refractivity contribution in [3.05, 3.63) is 46.6 Å². The van der Waals surface area contributed by atoms with Crippen molar-refractivity contribution < 1.29 is 4.79 Å². The summed E-state index contributed by atoms with van der Waals surface area (Å²) in [4.78, 5) is 11.6. The Hall–Kier alpha value is -1.79. The summed E-state index contributed by atoms with van der Waals surface area (Å²) in [6.45, 7) is 1.64. The van der Waals surface area contributed by atoms with E-state index in [2.05, 4.69) is 5.32 Å². The summed E-state index contributed by atoms with van der Waals surface area (Å²) in [6, 6.07) is 8.44. The summed E-state index contributed by atoms with van der Waals surface area (Å²) in [5.74, 6) is -0.276. The van der Waals surface area contributed by atoms with E-state index >= 15 is 0 Å². The van der Waals surface area contributed by atoms with Crippen molar-refractivity contribution >= 4 is 17.5 Å². The lowest BCUT2D eigenvalue weighted by atomic mass is 10.2. The van der Waals surface area contributed by atoms with Crippen LogP contribution in [0.1, 0.15) is 17.3 Å². The third-order valence-electron chi connectivity index (χ3n) is 1.68. The van der Waals surface area contributed by atoms with E-state index in [-0.39, 0.29) is 5.91 Å². The van der Waals surface area contributed by atoms with Gasteiger partial charge in [0.15, 0.2) is 0 Å². The topological polar surface area (TPSA) is 52.9 Å². The Morgan fingerprint density at radius 3 is 2.93 bits per heavy atom. The fraction of sp³-hybridized carbons (Fsp3) is 0.0909. The fourth-order valence-corrected chi connectivity index (χ4v) is 1.20. The normalized spacial score (nSPS) is 10.6. The predicted molar refractivity (Wildman–Crippen MR) is 58.3 cm³/mol. The number of halogens is 1. The first-order valence-corrected chi connectivity index (χ1v) is 4.64. The molecule has 1 N–H and O–H groups in total. The zero-order chi connectivity index (χ0) is 11.3. The number of hydrogen-bond acceptors (Lipinski definition) is 2. The SMILES string of the molecule is C/C(=C/C#N)NC(=O)c1cccc(Cl)c1. The largest absolute Gasteiger partial charge is 0.325 e. The van der Waals surface area contributed by atoms with Gasteiger partial charge in [0, 0.05) is 22.4 Å². The summed E-state index contributed by atoms with van der Waals surface area (Å²) in [5, 5.41) is 11.4. The average Bonchev–Trinajstić information content (AvgIpc) is 2.18. The maximum Gasteiger partial charge on any atom is 0.255 e. The number of hydrogen-bond donors (Lipinski definition) is 1. The minimum absolute atomic E-state index is 0.276. The smallest absolute Gasteiger partial charge is 0.255 e. The van der Waals surface area contributed by atoms with Crippen molar-refractivity contribution in [2.24, 2.45) is 0 Å². The Morgan fingerprint density at radius 2 is 2.33 bits per heavy atom. The molecule has 1 aromatic carbocycles. The van der Waals surface area contributed by atoms with Gasteiger partial charge in [-0.25, -0.2) is 0 Å². The van der Waals surface area contributed by atoms with Crippen LogP contribution in [0.4, 0.5) is 0 Å². The lowest BCUT2D eigenvalue weighted by Gasteiger charge is -2.03. The van der Waals surface area contributed by atoms with Gasteiger partial charge in [-0.2, -0.15) is 5.26 Å². The van der Waals surface area contributed by atoms with E-state index in [0.717, 1.165) is 0 Å². The van der Waals surface area contributed by atoms with Crippen molar-refractivity contribution in [3.63, 3.8) is 0 Å². The summed E-state index contributed by atoms with van der Waals surface area (Å²) in [6.07, 6.45) is 1.27. The summed E-state index contributed by atoms with van der Waals surface area (Å²) in [5.41, 5.74) is 0.968. The first-order valence-electron chi connectivity index (χ1n) is 4.27. The standard InChI is InChI=1S/C11H9ClN2O/c1-8(5-6-13)14-11(15)9-3-2-4-10(12)7-9/h2-5,7H,1H3,(H,14,15)/b8-5-. The van der Waals surface area contributed by atoms with Gasteiger partial charge in [-0.05, 0) is 25.1 Å². The monoisotopic (exact) mass is 220 g/mol. The Bertz CT molecular complexity index is 446. The van der Waals surface area contributed by atoms with E-state index < -0.39 is 0 Å². The number of nitrogens with zero attached hydrogens (tertiary/aromatic N) is 1. The van der Waals surface area contributed by atoms with E-state index in [1.165, 1.54) is 6.08 Å². The number of amides is 1. The summed E-state index contributed by atoms with van der Waals surface area (Å²) < 4.78 is 0. The molecule has 0 bridgehead atoms. The maximum atomic E-state index is 11.6. The number of nitrogens with one attached hydrogen (secondary N) is 1. The van der Waals surface area contributed by atoms with Gasteiger partial charge >= 0.3 is 0 Å². The van der Waals surface area contributed by atoms with Crippen molar-refractivity contribution in [1.29, 1.82) is 5.26 Å². The molecule has 0 heterocycles. The molecule has 0 unspecified atom stereocenters. The molecule has 0 saturated carbocycles. The average molecular weight is 221 g/mol. The highest BCUT2D eigenvalue weighted by molar-refractivity contribution is 6.30. The van der Waals surface area contributed by atoms with Crippen LogP contribution >= 0.6 is 11.6 Å². The van der Waals surface area contributed by atoms with Crippen molar-refractivity contribution in [2.45, 2.75) is 6.92 Å². The van der Waals surface area contributed by atoms with Crippen LogP contribution in [0.25, 0.3) is 0 Å². The van der Waals surface area contributed by atoms with Crippen LogP contribution in [0.2, 0.25) is 5.02 Å². The van der Waals surface area contributed by atoms with Crippen molar-refractivity contribution in [2.75, 3.05) is 0 Å². The Balaban J connectivity index is 2.79. The summed E-state index contributed by atoms with van der Waals surface area (Å²) >= 11 is 5.74. The second-order valence-electron chi connectivity index (χ2n) is 2.92. The van der Waals surface area contributed by atoms with E-state index in [0.29, 0.717) is 16.3 Å². The van der Waals surface area contributed by atoms with Crippen LogP contribution in [-0.2, 0) is 0 Å². The zero-order valence-corrected chi connectivity index (χ0v) is 8.88. The van der Waals surface area contributed by atoms with E-state index in [4.69, 9.17) is 16.9 Å². The van der Waals surface area contributed by atoms with Crippen molar-refractivity contribution in [3.8, 4) is 6.07 Å². The van der Waals surface area contributed by atoms with Gasteiger partial charge in [0.2, 0.25) is 0 Å². The Morgan fingerprint density at radius 1 is 1.60 bits per heavy atom. The third kappa shape index (κ3) is 3.45. The van der Waals surface area contributed by atoms with Gasteiger partial charge in [-0.3, -0.25) is 4.79 Å². The van der Waals surface area contributed by atoms with Crippen LogP contribution in [0, 0.1) is 11.3 Å². The molecule has 0 radical (unpaired) electrons. The van der Waals surface area contributed by atoms with Gasteiger partial charge in [-0.15, -0.1) is 0 Å². The molecule has 0 aliphatic heterocycles. The van der Waals surface area contributed by atoms with Gasteiger partial charge in [0.1, 0.15) is 0 Å². The van der Waals surface area contributed by atoms with Crippen LogP contribution < -0.4 is 5.32 Å². The number of allylic oxidation sites excluding steroid dienone is 2. The quantitative estimate of drug-likeness (QED) is 0.779. The van der Waals surface area contributed by atoms with Gasteiger partial charge in [0.05, 0.1) is 6.07 Å². The minimum atomic E-state index is -0.276. The molecular weight excluding hydrogens is 212 g/mol. The molecule has 4 heteroatoms. The second kappa shape index (κ2) is 5.18. The highest BCUT2D eigenvalue weighted by Crippen LogP contribution is 2.10. The molecule has 0 fully saturated rings. The lowest BCUT2D eigenvalue weighted by molar-refractivity contribution is 0.0966. The number of carbonyl (C=O) groups excluding carboxylic acids is 1. The molecule has 0 saturated heterocycles. The molecule has 15 heavy (non-hydrogen) atoms. The van der Waals surface area contributed by atoms with E-state index in [1.54, 1.807) is 31.2 Å². The highest BCUT2D eigenvalue weighted by atomic mass is 35.5. The third-order valence-corrected chi connectivity index (χ3v) is 1.91. The van der Waals surface area contributed by atoms with Crippen molar-refractivity contribution in [1.82, 2.24) is 5.32 Å². The molecule has 0 aliphatic carbocycles. The highest BCUT2D eigenvalue weighted by Gasteiger charge is 2.05. The summed E-state index contributed by atoms with van der Waals surface area (Å²) in [7, 11) is 0. The fourth-order valence-electron chi connectivity index (χ4n) is 1.01. The molecular formula is C11H9ClN2O. The van der Waals surface area contributed by atoms with E-state index in [9.17, 15) is 4.79 Å². The second-order valence-corrected chi connectivity index (χ2v) is 3.36. The Labute approximate surface area is 93.0 Å². The molecule has 0 spiro atoms.